The molecule has 24 heavy (non-hydrogen) atoms. The van der Waals surface area contributed by atoms with Crippen molar-refractivity contribution in [2.45, 2.75) is 56.0 Å². The van der Waals surface area contributed by atoms with Gasteiger partial charge in [-0.25, -0.2) is 8.42 Å². The Kier molecular flexibility index (Phi) is 6.37. The molecule has 1 aromatic carbocycles. The number of rotatable bonds is 6. The lowest BCUT2D eigenvalue weighted by molar-refractivity contribution is 0.0941. The van der Waals surface area contributed by atoms with Crippen LogP contribution in [0.15, 0.2) is 29.2 Å². The fourth-order valence-corrected chi connectivity index (χ4v) is 4.37. The van der Waals surface area contributed by atoms with Crippen LogP contribution in [0.5, 0.6) is 0 Å². The Labute approximate surface area is 144 Å². The molecule has 0 unspecified atom stereocenters. The molecule has 0 radical (unpaired) electrons. The number of hydrogen-bond acceptors (Lipinski definition) is 4. The van der Waals surface area contributed by atoms with Crippen LogP contribution < -0.4 is 11.1 Å². The second-order valence-corrected chi connectivity index (χ2v) is 8.45. The smallest absolute Gasteiger partial charge is 0.251 e. The van der Waals surface area contributed by atoms with Crippen molar-refractivity contribution in [2.75, 3.05) is 13.6 Å². The zero-order chi connectivity index (χ0) is 17.7. The largest absolute Gasteiger partial charge is 0.348 e. The number of hydrogen-bond donors (Lipinski definition) is 2. The Bertz CT molecular complexity index is 652. The number of nitrogens with zero attached hydrogens (tertiary/aromatic N) is 1. The van der Waals surface area contributed by atoms with E-state index in [2.05, 4.69) is 5.32 Å². The third-order valence-corrected chi connectivity index (χ3v) is 6.54. The van der Waals surface area contributed by atoms with Gasteiger partial charge in [0.1, 0.15) is 0 Å². The van der Waals surface area contributed by atoms with Crippen molar-refractivity contribution in [1.29, 1.82) is 0 Å². The average molecular weight is 353 g/mol. The van der Waals surface area contributed by atoms with E-state index in [0.29, 0.717) is 12.1 Å². The maximum absolute atomic E-state index is 12.7. The number of amides is 1. The summed E-state index contributed by atoms with van der Waals surface area (Å²) in [7, 11) is -1.88. The molecular weight excluding hydrogens is 326 g/mol. The van der Waals surface area contributed by atoms with Crippen LogP contribution in [0.3, 0.4) is 0 Å². The molecule has 1 amide bonds. The van der Waals surface area contributed by atoms with Crippen LogP contribution in [0.4, 0.5) is 0 Å². The van der Waals surface area contributed by atoms with Gasteiger partial charge in [-0.3, -0.25) is 4.79 Å². The minimum atomic E-state index is -3.53. The topological polar surface area (TPSA) is 92.5 Å². The van der Waals surface area contributed by atoms with Crippen LogP contribution >= 0.6 is 0 Å². The van der Waals surface area contributed by atoms with E-state index in [9.17, 15) is 13.2 Å². The van der Waals surface area contributed by atoms with Crippen LogP contribution in [0, 0.1) is 0 Å². The lowest BCUT2D eigenvalue weighted by Gasteiger charge is -2.30. The van der Waals surface area contributed by atoms with Crippen molar-refractivity contribution in [3.8, 4) is 0 Å². The lowest BCUT2D eigenvalue weighted by atomic mass is 9.96. The second-order valence-electron chi connectivity index (χ2n) is 6.45. The number of benzene rings is 1. The minimum absolute atomic E-state index is 0.0668. The van der Waals surface area contributed by atoms with Crippen molar-refractivity contribution in [1.82, 2.24) is 9.62 Å². The Morgan fingerprint density at radius 1 is 1.25 bits per heavy atom. The molecule has 3 N–H and O–H groups in total. The van der Waals surface area contributed by atoms with Gasteiger partial charge in [-0.05, 0) is 44.0 Å². The van der Waals surface area contributed by atoms with Gasteiger partial charge in [0.25, 0.3) is 5.91 Å². The normalized spacial score (nSPS) is 17.7. The average Bonchev–Trinajstić information content (AvgIpc) is 2.61. The molecule has 0 spiro atoms. The van der Waals surface area contributed by atoms with Gasteiger partial charge in [-0.1, -0.05) is 19.3 Å². The van der Waals surface area contributed by atoms with E-state index in [0.717, 1.165) is 25.7 Å². The Hall–Kier alpha value is -1.44. The maximum Gasteiger partial charge on any atom is 0.251 e. The highest BCUT2D eigenvalue weighted by molar-refractivity contribution is 7.89. The zero-order valence-electron chi connectivity index (χ0n) is 14.4. The summed E-state index contributed by atoms with van der Waals surface area (Å²) in [4.78, 5) is 12.3. The fourth-order valence-electron chi connectivity index (χ4n) is 2.95. The van der Waals surface area contributed by atoms with Crippen molar-refractivity contribution in [2.24, 2.45) is 5.73 Å². The summed E-state index contributed by atoms with van der Waals surface area (Å²) in [6.45, 7) is 2.17. The molecule has 0 bridgehead atoms. The standard InChI is InChI=1S/C17H27N3O3S/c1-13(12-18)19-17(21)14-8-10-16(11-9-14)24(22,23)20(2)15-6-4-3-5-7-15/h8-11,13,15H,3-7,12,18H2,1-2H3,(H,19,21)/t13-/m0/s1. The number of sulfonamides is 1. The number of nitrogens with one attached hydrogen (secondary N) is 1. The molecule has 1 aromatic rings. The minimum Gasteiger partial charge on any atom is -0.348 e. The van der Waals surface area contributed by atoms with Crippen molar-refractivity contribution < 1.29 is 13.2 Å². The SMILES string of the molecule is C[C@@H](CN)NC(=O)c1ccc(S(=O)(=O)N(C)C2CCCCC2)cc1. The fraction of sp³-hybridized carbons (Fsp3) is 0.588. The molecule has 1 fully saturated rings. The van der Waals surface area contributed by atoms with Gasteiger partial charge in [-0.15, -0.1) is 0 Å². The zero-order valence-corrected chi connectivity index (χ0v) is 15.2. The van der Waals surface area contributed by atoms with E-state index in [4.69, 9.17) is 5.73 Å². The molecule has 134 valence electrons. The molecule has 1 saturated carbocycles. The van der Waals surface area contributed by atoms with E-state index < -0.39 is 10.0 Å². The summed E-state index contributed by atoms with van der Waals surface area (Å²) < 4.78 is 27.0. The summed E-state index contributed by atoms with van der Waals surface area (Å²) in [5.74, 6) is -0.252. The molecule has 0 aromatic heterocycles. The highest BCUT2D eigenvalue weighted by Crippen LogP contribution is 2.26. The molecule has 0 saturated heterocycles. The first-order valence-electron chi connectivity index (χ1n) is 8.45. The predicted octanol–water partition coefficient (Wildman–Crippen LogP) is 1.72. The highest BCUT2D eigenvalue weighted by atomic mass is 32.2. The summed E-state index contributed by atoms with van der Waals surface area (Å²) in [6, 6.07) is 6.02. The molecule has 0 aliphatic heterocycles. The summed E-state index contributed by atoms with van der Waals surface area (Å²) >= 11 is 0. The van der Waals surface area contributed by atoms with Gasteiger partial charge in [-0.2, -0.15) is 4.31 Å². The van der Waals surface area contributed by atoms with E-state index in [-0.39, 0.29) is 22.9 Å². The molecule has 1 aliphatic carbocycles. The monoisotopic (exact) mass is 353 g/mol. The van der Waals surface area contributed by atoms with Gasteiger partial charge >= 0.3 is 0 Å². The summed E-state index contributed by atoms with van der Waals surface area (Å²) in [5, 5.41) is 2.75. The van der Waals surface area contributed by atoms with Crippen LogP contribution in [0.2, 0.25) is 0 Å². The van der Waals surface area contributed by atoms with Gasteiger partial charge in [0, 0.05) is 31.2 Å². The van der Waals surface area contributed by atoms with E-state index >= 15 is 0 Å². The first kappa shape index (κ1) is 18.9. The molecule has 1 atom stereocenters. The number of carbonyl (C=O) groups excluding carboxylic acids is 1. The van der Waals surface area contributed by atoms with E-state index in [1.165, 1.54) is 22.9 Å². The quantitative estimate of drug-likeness (QED) is 0.814. The third-order valence-electron chi connectivity index (χ3n) is 4.61. The lowest BCUT2D eigenvalue weighted by Crippen LogP contribution is -2.38. The van der Waals surface area contributed by atoms with Crippen molar-refractivity contribution in [3.05, 3.63) is 29.8 Å². The molecule has 6 nitrogen and oxygen atoms in total. The van der Waals surface area contributed by atoms with Gasteiger partial charge in [0.05, 0.1) is 4.90 Å². The van der Waals surface area contributed by atoms with Crippen LogP contribution in [0.25, 0.3) is 0 Å². The first-order valence-corrected chi connectivity index (χ1v) is 9.89. The van der Waals surface area contributed by atoms with E-state index in [1.807, 2.05) is 6.92 Å². The number of nitrogens with two attached hydrogens (primary N) is 1. The second kappa shape index (κ2) is 8.09. The highest BCUT2D eigenvalue weighted by Gasteiger charge is 2.29. The van der Waals surface area contributed by atoms with Crippen LogP contribution in [0.1, 0.15) is 49.4 Å². The molecule has 7 heteroatoms. The molecule has 1 aliphatic rings. The number of carbonyl (C=O) groups is 1. The third kappa shape index (κ3) is 4.34. The summed E-state index contributed by atoms with van der Waals surface area (Å²) in [6.07, 6.45) is 5.14. The van der Waals surface area contributed by atoms with E-state index in [1.54, 1.807) is 19.2 Å². The molecule has 2 rings (SSSR count). The van der Waals surface area contributed by atoms with Crippen LogP contribution in [-0.2, 0) is 10.0 Å². The summed E-state index contributed by atoms with van der Waals surface area (Å²) in [5.41, 5.74) is 5.91. The molecule has 0 heterocycles. The first-order chi connectivity index (χ1) is 11.4. The van der Waals surface area contributed by atoms with Crippen molar-refractivity contribution in [3.63, 3.8) is 0 Å². The van der Waals surface area contributed by atoms with Gasteiger partial charge in [0.15, 0.2) is 0 Å². The van der Waals surface area contributed by atoms with Crippen molar-refractivity contribution >= 4 is 15.9 Å². The Morgan fingerprint density at radius 2 is 1.83 bits per heavy atom. The Balaban J connectivity index is 2.12. The van der Waals surface area contributed by atoms with Gasteiger partial charge < -0.3 is 11.1 Å². The molecular formula is C17H27N3O3S. The Morgan fingerprint density at radius 3 is 2.38 bits per heavy atom. The maximum atomic E-state index is 12.7. The predicted molar refractivity (Wildman–Crippen MR) is 94.2 cm³/mol. The van der Waals surface area contributed by atoms with Crippen LogP contribution in [-0.4, -0.2) is 44.3 Å². The van der Waals surface area contributed by atoms with Gasteiger partial charge in [0.2, 0.25) is 10.0 Å².